The van der Waals surface area contributed by atoms with Crippen molar-refractivity contribution in [2.24, 2.45) is 5.73 Å². The first-order valence-corrected chi connectivity index (χ1v) is 7.30. The molecule has 2 rings (SSSR count). The highest BCUT2D eigenvalue weighted by Gasteiger charge is 2.27. The van der Waals surface area contributed by atoms with Gasteiger partial charge in [-0.05, 0) is 42.8 Å². The fraction of sp³-hybridized carbons (Fsp3) is 0.0667. The van der Waals surface area contributed by atoms with Crippen LogP contribution in [0.25, 0.3) is 0 Å². The highest BCUT2D eigenvalue weighted by Crippen LogP contribution is 2.30. The van der Waals surface area contributed by atoms with E-state index < -0.39 is 11.9 Å². The summed E-state index contributed by atoms with van der Waals surface area (Å²) in [7, 11) is 0. The van der Waals surface area contributed by atoms with Crippen molar-refractivity contribution >= 4 is 52.4 Å². The SMILES string of the molecule is Cc1cc(Cl)ccc1N(C(N)=O)C(=O)c1c(Cl)cccc1Cl. The minimum Gasteiger partial charge on any atom is -0.351 e. The van der Waals surface area contributed by atoms with E-state index in [-0.39, 0.29) is 15.6 Å². The molecule has 0 aliphatic rings. The van der Waals surface area contributed by atoms with Crippen LogP contribution in [0.5, 0.6) is 0 Å². The maximum Gasteiger partial charge on any atom is 0.326 e. The Balaban J connectivity index is 2.58. The van der Waals surface area contributed by atoms with Crippen molar-refractivity contribution in [2.45, 2.75) is 6.92 Å². The van der Waals surface area contributed by atoms with Gasteiger partial charge in [0.15, 0.2) is 0 Å². The number of rotatable bonds is 2. The van der Waals surface area contributed by atoms with Crippen molar-refractivity contribution in [3.63, 3.8) is 0 Å². The van der Waals surface area contributed by atoms with Crippen LogP contribution >= 0.6 is 34.8 Å². The molecule has 0 aromatic heterocycles. The van der Waals surface area contributed by atoms with Gasteiger partial charge in [0.05, 0.1) is 21.3 Å². The van der Waals surface area contributed by atoms with Crippen molar-refractivity contribution in [1.82, 2.24) is 0 Å². The van der Waals surface area contributed by atoms with E-state index in [2.05, 4.69) is 0 Å². The summed E-state index contributed by atoms with van der Waals surface area (Å²) in [5, 5.41) is 0.750. The lowest BCUT2D eigenvalue weighted by atomic mass is 10.1. The van der Waals surface area contributed by atoms with E-state index >= 15 is 0 Å². The van der Waals surface area contributed by atoms with Crippen LogP contribution in [-0.4, -0.2) is 11.9 Å². The first kappa shape index (κ1) is 16.6. The molecule has 0 aliphatic heterocycles. The van der Waals surface area contributed by atoms with E-state index in [1.54, 1.807) is 25.1 Å². The third-order valence-corrected chi connectivity index (χ3v) is 3.86. The molecule has 2 N–H and O–H groups in total. The van der Waals surface area contributed by atoms with Gasteiger partial charge in [-0.2, -0.15) is 0 Å². The third-order valence-electron chi connectivity index (χ3n) is 3.00. The number of nitrogens with zero attached hydrogens (tertiary/aromatic N) is 1. The summed E-state index contributed by atoms with van der Waals surface area (Å²) in [6, 6.07) is 8.39. The van der Waals surface area contributed by atoms with Crippen LogP contribution in [0.3, 0.4) is 0 Å². The highest BCUT2D eigenvalue weighted by molar-refractivity contribution is 6.41. The van der Waals surface area contributed by atoms with Crippen molar-refractivity contribution < 1.29 is 9.59 Å². The smallest absolute Gasteiger partial charge is 0.326 e. The van der Waals surface area contributed by atoms with Crippen LogP contribution in [0.15, 0.2) is 36.4 Å². The molecule has 0 saturated heterocycles. The molecule has 0 bridgehead atoms. The predicted molar refractivity (Wildman–Crippen MR) is 89.0 cm³/mol. The van der Waals surface area contributed by atoms with Crippen LogP contribution in [0.4, 0.5) is 10.5 Å². The van der Waals surface area contributed by atoms with E-state index in [0.717, 1.165) is 4.90 Å². The number of amides is 3. The number of halogens is 3. The molecule has 22 heavy (non-hydrogen) atoms. The van der Waals surface area contributed by atoms with Gasteiger partial charge in [0, 0.05) is 5.02 Å². The Hall–Kier alpha value is -1.75. The second-order valence-electron chi connectivity index (χ2n) is 4.51. The van der Waals surface area contributed by atoms with Crippen molar-refractivity contribution in [2.75, 3.05) is 4.90 Å². The Morgan fingerprint density at radius 1 is 1.05 bits per heavy atom. The molecule has 0 unspecified atom stereocenters. The zero-order valence-electron chi connectivity index (χ0n) is 11.4. The van der Waals surface area contributed by atoms with E-state index in [4.69, 9.17) is 40.5 Å². The lowest BCUT2D eigenvalue weighted by Gasteiger charge is -2.21. The lowest BCUT2D eigenvalue weighted by Crippen LogP contribution is -2.41. The Labute approximate surface area is 142 Å². The molecule has 3 amide bonds. The summed E-state index contributed by atoms with van der Waals surface area (Å²) in [5.74, 6) is -0.700. The fourth-order valence-corrected chi connectivity index (χ4v) is 2.80. The lowest BCUT2D eigenvalue weighted by molar-refractivity contribution is 0.0995. The van der Waals surface area contributed by atoms with Gasteiger partial charge in [-0.1, -0.05) is 40.9 Å². The monoisotopic (exact) mass is 356 g/mol. The van der Waals surface area contributed by atoms with E-state index in [1.165, 1.54) is 18.2 Å². The van der Waals surface area contributed by atoms with Gasteiger partial charge >= 0.3 is 6.03 Å². The number of carbonyl (C=O) groups is 2. The van der Waals surface area contributed by atoms with Gasteiger partial charge in [0.1, 0.15) is 0 Å². The fourth-order valence-electron chi connectivity index (χ4n) is 2.01. The summed E-state index contributed by atoms with van der Waals surface area (Å²) in [6.45, 7) is 1.71. The molecule has 2 aromatic carbocycles. The standard InChI is InChI=1S/C15H11Cl3N2O2/c1-8-7-9(16)5-6-12(8)20(15(19)22)14(21)13-10(17)3-2-4-11(13)18/h2-7H,1H3,(H2,19,22). The molecule has 0 saturated carbocycles. The van der Waals surface area contributed by atoms with Gasteiger partial charge in [-0.25, -0.2) is 9.69 Å². The van der Waals surface area contributed by atoms with Gasteiger partial charge < -0.3 is 5.73 Å². The first-order valence-electron chi connectivity index (χ1n) is 6.17. The molecule has 0 aliphatic carbocycles. The van der Waals surface area contributed by atoms with Crippen molar-refractivity contribution in [3.8, 4) is 0 Å². The third kappa shape index (κ3) is 3.19. The maximum absolute atomic E-state index is 12.7. The van der Waals surface area contributed by atoms with E-state index in [1.807, 2.05) is 0 Å². The molecule has 0 fully saturated rings. The molecule has 114 valence electrons. The van der Waals surface area contributed by atoms with Crippen LogP contribution in [-0.2, 0) is 0 Å². The zero-order chi connectivity index (χ0) is 16.4. The minimum absolute atomic E-state index is 0.0129. The summed E-state index contributed by atoms with van der Waals surface area (Å²) < 4.78 is 0. The molecule has 7 heteroatoms. The van der Waals surface area contributed by atoms with Gasteiger partial charge in [-0.15, -0.1) is 0 Å². The van der Waals surface area contributed by atoms with Crippen LogP contribution in [0.1, 0.15) is 15.9 Å². The van der Waals surface area contributed by atoms with Crippen molar-refractivity contribution in [1.29, 1.82) is 0 Å². The summed E-state index contributed by atoms with van der Waals surface area (Å²) in [5.41, 5.74) is 6.31. The van der Waals surface area contributed by atoms with Crippen molar-refractivity contribution in [3.05, 3.63) is 62.6 Å². The first-order chi connectivity index (χ1) is 10.3. The number of primary amides is 1. The second-order valence-corrected chi connectivity index (χ2v) is 5.76. The van der Waals surface area contributed by atoms with Crippen LogP contribution < -0.4 is 10.6 Å². The Bertz CT molecular complexity index is 742. The number of carbonyl (C=O) groups excluding carboxylic acids is 2. The second kappa shape index (κ2) is 6.57. The molecule has 0 heterocycles. The van der Waals surface area contributed by atoms with Gasteiger partial charge in [0.25, 0.3) is 5.91 Å². The molecular formula is C15H11Cl3N2O2. The zero-order valence-corrected chi connectivity index (χ0v) is 13.7. The number of benzene rings is 2. The number of hydrogen-bond donors (Lipinski definition) is 1. The molecule has 2 aromatic rings. The quantitative estimate of drug-likeness (QED) is 0.848. The number of anilines is 1. The van der Waals surface area contributed by atoms with Gasteiger partial charge in [0.2, 0.25) is 0 Å². The van der Waals surface area contributed by atoms with Crippen LogP contribution in [0.2, 0.25) is 15.1 Å². The average molecular weight is 358 g/mol. The molecule has 0 radical (unpaired) electrons. The summed E-state index contributed by atoms with van der Waals surface area (Å²) >= 11 is 17.9. The molecule has 0 atom stereocenters. The largest absolute Gasteiger partial charge is 0.351 e. The molecule has 4 nitrogen and oxygen atoms in total. The number of imide groups is 1. The molecular weight excluding hydrogens is 347 g/mol. The topological polar surface area (TPSA) is 63.4 Å². The number of nitrogens with two attached hydrogens (primary N) is 1. The van der Waals surface area contributed by atoms with Crippen LogP contribution in [0, 0.1) is 6.92 Å². The normalized spacial score (nSPS) is 10.4. The Morgan fingerprint density at radius 3 is 2.14 bits per heavy atom. The van der Waals surface area contributed by atoms with E-state index in [9.17, 15) is 9.59 Å². The summed E-state index contributed by atoms with van der Waals surface area (Å²) in [6.07, 6.45) is 0. The predicted octanol–water partition coefficient (Wildman–Crippen LogP) is 4.68. The number of hydrogen-bond acceptors (Lipinski definition) is 2. The average Bonchev–Trinajstić information content (AvgIpc) is 2.41. The Kier molecular flexibility index (Phi) is 4.96. The molecule has 0 spiro atoms. The number of aryl methyl sites for hydroxylation is 1. The van der Waals surface area contributed by atoms with E-state index in [0.29, 0.717) is 16.3 Å². The summed E-state index contributed by atoms with van der Waals surface area (Å²) in [4.78, 5) is 25.3. The highest BCUT2D eigenvalue weighted by atomic mass is 35.5. The Morgan fingerprint density at radius 2 is 1.64 bits per heavy atom. The van der Waals surface area contributed by atoms with Gasteiger partial charge in [-0.3, -0.25) is 4.79 Å². The maximum atomic E-state index is 12.7. The number of urea groups is 1. The minimum atomic E-state index is -0.939.